The van der Waals surface area contributed by atoms with Gasteiger partial charge in [-0.2, -0.15) is 0 Å². The second-order valence-electron chi connectivity index (χ2n) is 14.1. The lowest BCUT2D eigenvalue weighted by atomic mass is 9.70. The van der Waals surface area contributed by atoms with Gasteiger partial charge >= 0.3 is 5.97 Å². The van der Waals surface area contributed by atoms with Crippen LogP contribution in [-0.4, -0.2) is 90.9 Å². The molecule has 2 aromatic carbocycles. The number of para-hydroxylation sites is 1. The van der Waals surface area contributed by atoms with Crippen LogP contribution in [0, 0.1) is 18.8 Å². The van der Waals surface area contributed by atoms with Gasteiger partial charge in [0.2, 0.25) is 11.8 Å². The number of carbonyl (C=O) groups excluding carboxylic acids is 4. The summed E-state index contributed by atoms with van der Waals surface area (Å²) in [5.74, 6) is -3.50. The number of nitrogens with one attached hydrogen (secondary N) is 1. The molecule has 3 aliphatic heterocycles. The van der Waals surface area contributed by atoms with Gasteiger partial charge in [0.05, 0.1) is 41.3 Å². The number of unbranched alkanes of at least 4 members (excludes halogenated alkanes) is 3. The Morgan fingerprint density at radius 3 is 2.55 bits per heavy atom. The van der Waals surface area contributed by atoms with Gasteiger partial charge in [-0.3, -0.25) is 19.2 Å². The molecule has 3 aliphatic rings. The minimum Gasteiger partial charge on any atom is -0.455 e. The van der Waals surface area contributed by atoms with Gasteiger partial charge in [0, 0.05) is 33.2 Å². The monoisotopic (exact) mass is 749 g/mol. The summed E-state index contributed by atoms with van der Waals surface area (Å²) in [5.41, 5.74) is 0.697. The summed E-state index contributed by atoms with van der Waals surface area (Å²) < 4.78 is 18.5. The molecule has 0 aliphatic carbocycles. The number of anilines is 1. The molecule has 3 saturated heterocycles. The van der Waals surface area contributed by atoms with Gasteiger partial charge in [0.25, 0.3) is 5.91 Å². The number of rotatable bonds is 20. The first-order valence-electron chi connectivity index (χ1n) is 18.5. The van der Waals surface area contributed by atoms with E-state index >= 15 is 0 Å². The molecule has 2 aromatic rings. The van der Waals surface area contributed by atoms with Gasteiger partial charge in [0.15, 0.2) is 0 Å². The van der Waals surface area contributed by atoms with Crippen LogP contribution in [0.4, 0.5) is 5.69 Å². The van der Waals surface area contributed by atoms with E-state index in [2.05, 4.69) is 18.5 Å². The average Bonchev–Trinajstić information content (AvgIpc) is 3.79. The molecule has 2 N–H and O–H groups in total. The maximum absolute atomic E-state index is 15.0. The predicted octanol–water partition coefficient (Wildman–Crippen LogP) is 5.48. The number of hydrogen-bond donors (Lipinski definition) is 2. The summed E-state index contributed by atoms with van der Waals surface area (Å²) >= 11 is 6.70. The molecule has 0 saturated carbocycles. The van der Waals surface area contributed by atoms with Gasteiger partial charge in [-0.15, -0.1) is 13.2 Å². The van der Waals surface area contributed by atoms with Crippen LogP contribution >= 0.6 is 11.6 Å². The SMILES string of the molecule is C=CCCC(=O)N[C@H](COC)[C@H](OC(=O)[C@@H]1[C@@H]2CC[C@]3(O2)[C@H](C(=O)N(CC=C)c2c(C)cccc2Cl)N(CCCCCCO)C(=O)[C@@H]13)c1ccccc1. The summed E-state index contributed by atoms with van der Waals surface area (Å²) in [6, 6.07) is 12.8. The van der Waals surface area contributed by atoms with E-state index < -0.39 is 47.7 Å². The molecule has 5 rings (SSSR count). The number of esters is 1. The van der Waals surface area contributed by atoms with Crippen molar-refractivity contribution in [2.45, 2.75) is 88.2 Å². The number of aliphatic hydroxyl groups is 1. The number of allylic oxidation sites excluding steroid dienone is 1. The zero-order valence-electron chi connectivity index (χ0n) is 30.7. The Kier molecular flexibility index (Phi) is 13.9. The number of aryl methyl sites for hydroxylation is 1. The molecule has 2 bridgehead atoms. The molecule has 11 nitrogen and oxygen atoms in total. The Morgan fingerprint density at radius 2 is 1.87 bits per heavy atom. The molecular weight excluding hydrogens is 698 g/mol. The molecule has 0 unspecified atom stereocenters. The maximum Gasteiger partial charge on any atom is 0.313 e. The fraction of sp³-hybridized carbons (Fsp3) is 0.512. The Labute approximate surface area is 317 Å². The third-order valence-corrected chi connectivity index (χ3v) is 11.0. The van der Waals surface area contributed by atoms with Crippen LogP contribution in [0.1, 0.15) is 68.6 Å². The second-order valence-corrected chi connectivity index (χ2v) is 14.5. The molecule has 3 amide bonds. The van der Waals surface area contributed by atoms with Crippen molar-refractivity contribution >= 4 is 41.0 Å². The van der Waals surface area contributed by atoms with E-state index in [0.29, 0.717) is 48.4 Å². The fourth-order valence-electron chi connectivity index (χ4n) is 8.35. The summed E-state index contributed by atoms with van der Waals surface area (Å²) in [6.45, 7) is 10.0. The van der Waals surface area contributed by atoms with Gasteiger partial charge < -0.3 is 34.4 Å². The Morgan fingerprint density at radius 1 is 1.11 bits per heavy atom. The normalized spacial score (nSPS) is 24.0. The highest BCUT2D eigenvalue weighted by Gasteiger charge is 2.75. The van der Waals surface area contributed by atoms with Gasteiger partial charge in [-0.05, 0) is 56.2 Å². The molecular formula is C41H52ClN3O8. The zero-order chi connectivity index (χ0) is 38.1. The molecule has 7 atom stereocenters. The summed E-state index contributed by atoms with van der Waals surface area (Å²) in [4.78, 5) is 60.3. The number of ether oxygens (including phenoxy) is 3. The van der Waals surface area contributed by atoms with Crippen molar-refractivity contribution in [1.29, 1.82) is 0 Å². The lowest BCUT2D eigenvalue weighted by Gasteiger charge is -2.37. The quantitative estimate of drug-likeness (QED) is 0.103. The number of methoxy groups -OCH3 is 1. The molecule has 0 radical (unpaired) electrons. The van der Waals surface area contributed by atoms with E-state index in [1.54, 1.807) is 28.0 Å². The maximum atomic E-state index is 15.0. The van der Waals surface area contributed by atoms with Gasteiger partial charge in [-0.25, -0.2) is 0 Å². The number of amides is 3. The van der Waals surface area contributed by atoms with Crippen LogP contribution in [-0.2, 0) is 33.4 Å². The third-order valence-electron chi connectivity index (χ3n) is 10.7. The Balaban J connectivity index is 1.50. The van der Waals surface area contributed by atoms with Crippen molar-refractivity contribution in [2.75, 3.05) is 38.3 Å². The third kappa shape index (κ3) is 8.38. The van der Waals surface area contributed by atoms with Crippen molar-refractivity contribution in [3.05, 3.63) is 90.0 Å². The molecule has 1 spiro atoms. The number of halogens is 1. The minimum atomic E-state index is -1.27. The molecule has 3 fully saturated rings. The first-order chi connectivity index (χ1) is 25.6. The lowest BCUT2D eigenvalue weighted by Crippen LogP contribution is -2.56. The summed E-state index contributed by atoms with van der Waals surface area (Å²) in [7, 11) is 1.51. The highest BCUT2D eigenvalue weighted by Crippen LogP contribution is 2.59. The number of fused-ring (bicyclic) bond motifs is 1. The first kappa shape index (κ1) is 40.2. The number of aliphatic hydroxyl groups excluding tert-OH is 1. The van der Waals surface area contributed by atoms with Gasteiger partial charge in [-0.1, -0.05) is 79.1 Å². The largest absolute Gasteiger partial charge is 0.455 e. The predicted molar refractivity (Wildman–Crippen MR) is 202 cm³/mol. The van der Waals surface area contributed by atoms with Crippen LogP contribution in [0.3, 0.4) is 0 Å². The summed E-state index contributed by atoms with van der Waals surface area (Å²) in [5, 5.41) is 12.7. The Bertz CT molecular complexity index is 1620. The molecule has 286 valence electrons. The highest BCUT2D eigenvalue weighted by atomic mass is 35.5. The van der Waals surface area contributed by atoms with Crippen LogP contribution in [0.15, 0.2) is 73.8 Å². The van der Waals surface area contributed by atoms with Crippen molar-refractivity contribution in [3.63, 3.8) is 0 Å². The molecule has 53 heavy (non-hydrogen) atoms. The van der Waals surface area contributed by atoms with Crippen LogP contribution in [0.2, 0.25) is 5.02 Å². The molecule has 12 heteroatoms. The number of hydrogen-bond acceptors (Lipinski definition) is 8. The second kappa shape index (κ2) is 18.3. The molecule has 0 aromatic heterocycles. The van der Waals surface area contributed by atoms with Crippen LogP contribution in [0.5, 0.6) is 0 Å². The van der Waals surface area contributed by atoms with Crippen molar-refractivity contribution in [3.8, 4) is 0 Å². The van der Waals surface area contributed by atoms with E-state index in [9.17, 15) is 24.3 Å². The van der Waals surface area contributed by atoms with E-state index in [1.165, 1.54) is 7.11 Å². The van der Waals surface area contributed by atoms with Crippen molar-refractivity contribution < 1.29 is 38.5 Å². The lowest BCUT2D eigenvalue weighted by molar-refractivity contribution is -0.163. The topological polar surface area (TPSA) is 135 Å². The van der Waals surface area contributed by atoms with Crippen molar-refractivity contribution in [2.24, 2.45) is 11.8 Å². The summed E-state index contributed by atoms with van der Waals surface area (Å²) in [6.07, 6.45) is 6.01. The van der Waals surface area contributed by atoms with E-state index in [0.717, 1.165) is 18.4 Å². The standard InChI is InChI=1S/C41H52ClN3O8/c1-5-7-20-32(47)43-30(26-51-4)36(28-17-11-10-12-18-28)52-40(50)33-31-21-22-41(53-31)34(33)38(48)45(24-13-8-9-14-25-46)37(41)39(49)44(23-6-2)35-27(3)16-15-19-29(35)42/h5-6,10-12,15-19,30-31,33-34,36-37,46H,1-2,7-9,13-14,20-26H2,3-4H3,(H,43,47)/t30-,31+,33-,34-,36-,37+,41-/m1/s1. The smallest absolute Gasteiger partial charge is 0.313 e. The van der Waals surface area contributed by atoms with Crippen LogP contribution in [0.25, 0.3) is 0 Å². The molecule has 3 heterocycles. The average molecular weight is 750 g/mol. The zero-order valence-corrected chi connectivity index (χ0v) is 31.5. The van der Waals surface area contributed by atoms with Gasteiger partial charge in [0.1, 0.15) is 17.7 Å². The van der Waals surface area contributed by atoms with Crippen LogP contribution < -0.4 is 10.2 Å². The number of carbonyl (C=O) groups is 4. The van der Waals surface area contributed by atoms with E-state index in [4.69, 9.17) is 25.8 Å². The number of nitrogens with zero attached hydrogens (tertiary/aromatic N) is 2. The minimum absolute atomic E-state index is 0.0603. The van der Waals surface area contributed by atoms with E-state index in [1.807, 2.05) is 49.4 Å². The Hall–Kier alpha value is -4.03. The fourth-order valence-corrected chi connectivity index (χ4v) is 8.67. The highest BCUT2D eigenvalue weighted by molar-refractivity contribution is 6.34. The van der Waals surface area contributed by atoms with E-state index in [-0.39, 0.29) is 50.4 Å². The number of benzene rings is 2. The first-order valence-corrected chi connectivity index (χ1v) is 18.9. The van der Waals surface area contributed by atoms with Crippen molar-refractivity contribution in [1.82, 2.24) is 10.2 Å². The number of likely N-dealkylation sites (tertiary alicyclic amines) is 1.